The predicted octanol–water partition coefficient (Wildman–Crippen LogP) is 2.50. The molecule has 0 aliphatic rings. The molecule has 2 rings (SSSR count). The molecule has 88 valence electrons. The Morgan fingerprint density at radius 1 is 1.18 bits per heavy atom. The first-order chi connectivity index (χ1) is 8.31. The number of nitrogens with one attached hydrogen (secondary N) is 1. The van der Waals surface area contributed by atoms with Crippen LogP contribution in [0.4, 0.5) is 5.69 Å². The van der Waals surface area contributed by atoms with Gasteiger partial charge in [-0.1, -0.05) is 24.3 Å². The van der Waals surface area contributed by atoms with Crippen molar-refractivity contribution in [1.82, 2.24) is 4.98 Å². The largest absolute Gasteiger partial charge is 0.375 e. The maximum absolute atomic E-state index is 5.80. The average molecular weight is 227 g/mol. The summed E-state index contributed by atoms with van der Waals surface area (Å²) in [6, 6.07) is 14.1. The zero-order chi connectivity index (χ0) is 12.1. The van der Waals surface area contributed by atoms with E-state index in [1.54, 1.807) is 6.20 Å². The molecule has 1 unspecified atom stereocenters. The second-order valence-electron chi connectivity index (χ2n) is 4.00. The fourth-order valence-corrected chi connectivity index (χ4v) is 1.76. The highest BCUT2D eigenvalue weighted by molar-refractivity contribution is 5.51. The van der Waals surface area contributed by atoms with E-state index >= 15 is 0 Å². The Morgan fingerprint density at radius 2 is 1.94 bits per heavy atom. The van der Waals surface area contributed by atoms with Crippen LogP contribution < -0.4 is 11.1 Å². The van der Waals surface area contributed by atoms with Gasteiger partial charge in [0.25, 0.3) is 0 Å². The van der Waals surface area contributed by atoms with E-state index in [-0.39, 0.29) is 6.04 Å². The second kappa shape index (κ2) is 5.46. The molecule has 3 heteroatoms. The monoisotopic (exact) mass is 227 g/mol. The molecular formula is C14H17N3. The van der Waals surface area contributed by atoms with Crippen molar-refractivity contribution in [2.75, 3.05) is 11.9 Å². The van der Waals surface area contributed by atoms with Crippen molar-refractivity contribution in [2.45, 2.75) is 13.0 Å². The molecule has 0 amide bonds. The van der Waals surface area contributed by atoms with Crippen molar-refractivity contribution in [3.8, 4) is 0 Å². The first-order valence-electron chi connectivity index (χ1n) is 5.74. The number of aromatic nitrogens is 1. The summed E-state index contributed by atoms with van der Waals surface area (Å²) in [5, 5.41) is 3.43. The molecule has 0 radical (unpaired) electrons. The second-order valence-corrected chi connectivity index (χ2v) is 4.00. The predicted molar refractivity (Wildman–Crippen MR) is 70.8 cm³/mol. The van der Waals surface area contributed by atoms with Crippen LogP contribution >= 0.6 is 0 Å². The Hall–Kier alpha value is -1.87. The number of benzene rings is 1. The van der Waals surface area contributed by atoms with E-state index in [9.17, 15) is 0 Å². The summed E-state index contributed by atoms with van der Waals surface area (Å²) < 4.78 is 0. The number of hydrogen-bond acceptors (Lipinski definition) is 3. The first kappa shape index (κ1) is 11.6. The quantitative estimate of drug-likeness (QED) is 0.843. The molecule has 0 spiro atoms. The third-order valence-corrected chi connectivity index (χ3v) is 2.76. The summed E-state index contributed by atoms with van der Waals surface area (Å²) >= 11 is 0. The Kier molecular flexibility index (Phi) is 3.73. The SMILES string of the molecule is Cc1ccccc1NC(CN)c1ccccn1. The lowest BCUT2D eigenvalue weighted by Crippen LogP contribution is -2.21. The van der Waals surface area contributed by atoms with Gasteiger partial charge in [-0.15, -0.1) is 0 Å². The molecule has 0 saturated carbocycles. The van der Waals surface area contributed by atoms with E-state index in [1.165, 1.54) is 5.56 Å². The third-order valence-electron chi connectivity index (χ3n) is 2.76. The number of para-hydroxylation sites is 1. The Bertz CT molecular complexity index is 468. The van der Waals surface area contributed by atoms with Crippen LogP contribution in [0.15, 0.2) is 48.7 Å². The molecule has 0 aliphatic heterocycles. The molecule has 3 N–H and O–H groups in total. The van der Waals surface area contributed by atoms with Gasteiger partial charge in [-0.05, 0) is 30.7 Å². The van der Waals surface area contributed by atoms with Crippen LogP contribution in [-0.4, -0.2) is 11.5 Å². The van der Waals surface area contributed by atoms with Gasteiger partial charge >= 0.3 is 0 Å². The van der Waals surface area contributed by atoms with Crippen LogP contribution in [0.5, 0.6) is 0 Å². The van der Waals surface area contributed by atoms with E-state index in [2.05, 4.69) is 29.4 Å². The number of aryl methyl sites for hydroxylation is 1. The molecule has 17 heavy (non-hydrogen) atoms. The molecule has 0 aliphatic carbocycles. The molecule has 1 heterocycles. The van der Waals surface area contributed by atoms with Crippen LogP contribution in [0.2, 0.25) is 0 Å². The molecule has 1 aromatic heterocycles. The topological polar surface area (TPSA) is 50.9 Å². The van der Waals surface area contributed by atoms with Crippen molar-refractivity contribution in [3.63, 3.8) is 0 Å². The van der Waals surface area contributed by atoms with Crippen LogP contribution in [0.1, 0.15) is 17.3 Å². The zero-order valence-corrected chi connectivity index (χ0v) is 9.93. The van der Waals surface area contributed by atoms with Crippen molar-refractivity contribution in [1.29, 1.82) is 0 Å². The van der Waals surface area contributed by atoms with Crippen molar-refractivity contribution in [3.05, 3.63) is 59.9 Å². The molecule has 2 aromatic rings. The van der Waals surface area contributed by atoms with Crippen LogP contribution in [0.3, 0.4) is 0 Å². The lowest BCUT2D eigenvalue weighted by Gasteiger charge is -2.18. The number of nitrogens with zero attached hydrogens (tertiary/aromatic N) is 1. The van der Waals surface area contributed by atoms with Gasteiger partial charge < -0.3 is 11.1 Å². The van der Waals surface area contributed by atoms with Crippen LogP contribution in [-0.2, 0) is 0 Å². The van der Waals surface area contributed by atoms with Gasteiger partial charge in [-0.25, -0.2) is 0 Å². The summed E-state index contributed by atoms with van der Waals surface area (Å²) in [4.78, 5) is 4.33. The normalized spacial score (nSPS) is 12.1. The lowest BCUT2D eigenvalue weighted by atomic mass is 10.1. The van der Waals surface area contributed by atoms with Crippen molar-refractivity contribution >= 4 is 5.69 Å². The van der Waals surface area contributed by atoms with Crippen LogP contribution in [0, 0.1) is 6.92 Å². The Morgan fingerprint density at radius 3 is 2.59 bits per heavy atom. The summed E-state index contributed by atoms with van der Waals surface area (Å²) in [5.74, 6) is 0. The van der Waals surface area contributed by atoms with Crippen LogP contribution in [0.25, 0.3) is 0 Å². The highest BCUT2D eigenvalue weighted by Crippen LogP contribution is 2.20. The molecule has 1 aromatic carbocycles. The highest BCUT2D eigenvalue weighted by atomic mass is 15.0. The smallest absolute Gasteiger partial charge is 0.0807 e. The fourth-order valence-electron chi connectivity index (χ4n) is 1.76. The summed E-state index contributed by atoms with van der Waals surface area (Å²) in [5.41, 5.74) is 9.09. The van der Waals surface area contributed by atoms with Gasteiger partial charge in [0.1, 0.15) is 0 Å². The van der Waals surface area contributed by atoms with Gasteiger partial charge in [0.05, 0.1) is 11.7 Å². The maximum Gasteiger partial charge on any atom is 0.0807 e. The minimum atomic E-state index is 0.0531. The maximum atomic E-state index is 5.80. The molecule has 3 nitrogen and oxygen atoms in total. The van der Waals surface area contributed by atoms with Gasteiger partial charge in [-0.2, -0.15) is 0 Å². The van der Waals surface area contributed by atoms with E-state index in [0.717, 1.165) is 11.4 Å². The fraction of sp³-hybridized carbons (Fsp3) is 0.214. The minimum absolute atomic E-state index is 0.0531. The van der Waals surface area contributed by atoms with Gasteiger partial charge in [-0.3, -0.25) is 4.98 Å². The number of anilines is 1. The van der Waals surface area contributed by atoms with Crippen molar-refractivity contribution < 1.29 is 0 Å². The third kappa shape index (κ3) is 2.82. The molecule has 0 bridgehead atoms. The molecule has 0 fully saturated rings. The number of pyridine rings is 1. The summed E-state index contributed by atoms with van der Waals surface area (Å²) in [6.07, 6.45) is 1.79. The Labute approximate surface area is 102 Å². The van der Waals surface area contributed by atoms with E-state index in [4.69, 9.17) is 5.73 Å². The average Bonchev–Trinajstić information content (AvgIpc) is 2.39. The van der Waals surface area contributed by atoms with Gasteiger partial charge in [0.15, 0.2) is 0 Å². The molecular weight excluding hydrogens is 210 g/mol. The lowest BCUT2D eigenvalue weighted by molar-refractivity contribution is 0.759. The molecule has 0 saturated heterocycles. The minimum Gasteiger partial charge on any atom is -0.375 e. The molecule has 1 atom stereocenters. The van der Waals surface area contributed by atoms with E-state index < -0.39 is 0 Å². The van der Waals surface area contributed by atoms with Crippen molar-refractivity contribution in [2.24, 2.45) is 5.73 Å². The number of nitrogens with two attached hydrogens (primary N) is 1. The zero-order valence-electron chi connectivity index (χ0n) is 9.93. The Balaban J connectivity index is 2.19. The standard InChI is InChI=1S/C14H17N3/c1-11-6-2-3-7-12(11)17-14(10-15)13-8-4-5-9-16-13/h2-9,14,17H,10,15H2,1H3. The summed E-state index contributed by atoms with van der Waals surface area (Å²) in [6.45, 7) is 2.60. The van der Waals surface area contributed by atoms with Gasteiger partial charge in [0, 0.05) is 18.4 Å². The summed E-state index contributed by atoms with van der Waals surface area (Å²) in [7, 11) is 0. The first-order valence-corrected chi connectivity index (χ1v) is 5.74. The van der Waals surface area contributed by atoms with Gasteiger partial charge in [0.2, 0.25) is 0 Å². The number of hydrogen-bond donors (Lipinski definition) is 2. The highest BCUT2D eigenvalue weighted by Gasteiger charge is 2.10. The van der Waals surface area contributed by atoms with E-state index in [0.29, 0.717) is 6.54 Å². The van der Waals surface area contributed by atoms with E-state index in [1.807, 2.05) is 30.3 Å². The number of rotatable bonds is 4.